The maximum atomic E-state index is 12.5. The summed E-state index contributed by atoms with van der Waals surface area (Å²) < 4.78 is 5.43. The van der Waals surface area contributed by atoms with E-state index < -0.39 is 0 Å². The van der Waals surface area contributed by atoms with Gasteiger partial charge in [0, 0.05) is 43.2 Å². The number of anilines is 4. The van der Waals surface area contributed by atoms with Crippen LogP contribution >= 0.6 is 0 Å². The van der Waals surface area contributed by atoms with Crippen LogP contribution in [0.1, 0.15) is 6.42 Å². The first-order chi connectivity index (χ1) is 14.8. The standard InChI is InChI=1S/C22H26N6O2/c29-22-20-15(5-8-24-22)13-19(25-17-6-7-23-14-17)27-21(20)26-16-1-3-18(4-2-16)28-9-11-30-12-10-28/h1-5,8,13,17,23H,6-7,9-12,14H2,(H,24,29)(H2,25,26,27). The van der Waals surface area contributed by atoms with Crippen LogP contribution in [0.4, 0.5) is 23.0 Å². The maximum absolute atomic E-state index is 12.5. The number of aromatic nitrogens is 2. The van der Waals surface area contributed by atoms with Gasteiger partial charge in [-0.2, -0.15) is 0 Å². The lowest BCUT2D eigenvalue weighted by molar-refractivity contribution is 0.122. The highest BCUT2D eigenvalue weighted by atomic mass is 16.5. The van der Waals surface area contributed by atoms with Crippen molar-refractivity contribution in [2.45, 2.75) is 12.5 Å². The largest absolute Gasteiger partial charge is 0.378 e. The average Bonchev–Trinajstić information content (AvgIpc) is 3.28. The Labute approximate surface area is 174 Å². The molecule has 3 aromatic rings. The SMILES string of the molecule is O=c1[nH]ccc2cc(NC3CCNC3)nc(Nc3ccc(N4CCOCC4)cc3)c12. The lowest BCUT2D eigenvalue weighted by Gasteiger charge is -2.29. The molecule has 0 amide bonds. The van der Waals surface area contributed by atoms with Gasteiger partial charge < -0.3 is 30.6 Å². The zero-order chi connectivity index (χ0) is 20.3. The Morgan fingerprint density at radius 1 is 1.13 bits per heavy atom. The van der Waals surface area contributed by atoms with E-state index in [9.17, 15) is 4.79 Å². The van der Waals surface area contributed by atoms with Gasteiger partial charge >= 0.3 is 0 Å². The first-order valence-electron chi connectivity index (χ1n) is 10.5. The third-order valence-corrected chi connectivity index (χ3v) is 5.67. The van der Waals surface area contributed by atoms with Crippen LogP contribution in [0.3, 0.4) is 0 Å². The fraction of sp³-hybridized carbons (Fsp3) is 0.364. The van der Waals surface area contributed by atoms with Gasteiger partial charge in [0.2, 0.25) is 0 Å². The highest BCUT2D eigenvalue weighted by molar-refractivity contribution is 5.94. The number of fused-ring (bicyclic) bond motifs is 1. The van der Waals surface area contributed by atoms with Crippen molar-refractivity contribution in [3.63, 3.8) is 0 Å². The van der Waals surface area contributed by atoms with Crippen LogP contribution in [0.15, 0.2) is 47.4 Å². The fourth-order valence-corrected chi connectivity index (χ4v) is 4.08. The number of aromatic amines is 1. The number of morpholine rings is 1. The Morgan fingerprint density at radius 3 is 2.73 bits per heavy atom. The van der Waals surface area contributed by atoms with Crippen molar-refractivity contribution < 1.29 is 4.74 Å². The molecule has 0 aliphatic carbocycles. The Morgan fingerprint density at radius 2 is 1.97 bits per heavy atom. The summed E-state index contributed by atoms with van der Waals surface area (Å²) in [6.07, 6.45) is 2.73. The third-order valence-electron chi connectivity index (χ3n) is 5.67. The summed E-state index contributed by atoms with van der Waals surface area (Å²) in [6, 6.07) is 12.4. The van der Waals surface area contributed by atoms with Crippen molar-refractivity contribution in [3.05, 3.63) is 52.9 Å². The molecular weight excluding hydrogens is 380 g/mol. The second-order valence-electron chi connectivity index (χ2n) is 7.73. The molecule has 1 atom stereocenters. The smallest absolute Gasteiger partial charge is 0.259 e. The number of benzene rings is 1. The van der Waals surface area contributed by atoms with E-state index in [1.54, 1.807) is 6.20 Å². The molecule has 2 saturated heterocycles. The summed E-state index contributed by atoms with van der Waals surface area (Å²) in [7, 11) is 0. The number of rotatable bonds is 5. The number of pyridine rings is 2. The molecule has 0 bridgehead atoms. The summed E-state index contributed by atoms with van der Waals surface area (Å²) >= 11 is 0. The highest BCUT2D eigenvalue weighted by Crippen LogP contribution is 2.27. The minimum atomic E-state index is -0.151. The van der Waals surface area contributed by atoms with E-state index in [-0.39, 0.29) is 5.56 Å². The highest BCUT2D eigenvalue weighted by Gasteiger charge is 2.17. The van der Waals surface area contributed by atoms with Gasteiger partial charge in [-0.3, -0.25) is 4.79 Å². The van der Waals surface area contributed by atoms with Gasteiger partial charge in [0.05, 0.1) is 18.6 Å². The van der Waals surface area contributed by atoms with Crippen molar-refractivity contribution >= 4 is 33.8 Å². The van der Waals surface area contributed by atoms with Crippen molar-refractivity contribution in [2.75, 3.05) is 54.9 Å². The molecule has 4 N–H and O–H groups in total. The van der Waals surface area contributed by atoms with E-state index in [1.807, 2.05) is 24.3 Å². The first-order valence-corrected chi connectivity index (χ1v) is 10.5. The molecule has 30 heavy (non-hydrogen) atoms. The molecule has 4 heterocycles. The molecule has 2 fully saturated rings. The van der Waals surface area contributed by atoms with Gasteiger partial charge in [-0.1, -0.05) is 0 Å². The molecule has 5 rings (SSSR count). The molecule has 1 aromatic carbocycles. The Bertz CT molecular complexity index is 1070. The van der Waals surface area contributed by atoms with Crippen molar-refractivity contribution in [1.82, 2.24) is 15.3 Å². The molecule has 8 heteroatoms. The second-order valence-corrected chi connectivity index (χ2v) is 7.73. The molecule has 0 saturated carbocycles. The zero-order valence-corrected chi connectivity index (χ0v) is 16.8. The van der Waals surface area contributed by atoms with Gasteiger partial charge in [0.25, 0.3) is 5.56 Å². The summed E-state index contributed by atoms with van der Waals surface area (Å²) in [5.74, 6) is 1.33. The predicted octanol–water partition coefficient (Wildman–Crippen LogP) is 2.28. The summed E-state index contributed by atoms with van der Waals surface area (Å²) in [6.45, 7) is 5.24. The van der Waals surface area contributed by atoms with Gasteiger partial charge in [-0.05, 0) is 54.8 Å². The first kappa shape index (κ1) is 18.9. The van der Waals surface area contributed by atoms with E-state index in [4.69, 9.17) is 9.72 Å². The number of H-pyrrole nitrogens is 1. The monoisotopic (exact) mass is 406 g/mol. The Balaban J connectivity index is 1.44. The molecular formula is C22H26N6O2. The normalized spacial score (nSPS) is 19.2. The van der Waals surface area contributed by atoms with Gasteiger partial charge in [0.1, 0.15) is 11.6 Å². The lowest BCUT2D eigenvalue weighted by atomic mass is 10.2. The van der Waals surface area contributed by atoms with Crippen molar-refractivity contribution in [1.29, 1.82) is 0 Å². The predicted molar refractivity (Wildman–Crippen MR) is 120 cm³/mol. The minimum Gasteiger partial charge on any atom is -0.378 e. The molecule has 0 spiro atoms. The summed E-state index contributed by atoms with van der Waals surface area (Å²) in [5.41, 5.74) is 1.91. The summed E-state index contributed by atoms with van der Waals surface area (Å²) in [5, 5.41) is 11.6. The molecule has 2 aromatic heterocycles. The number of hydrogen-bond acceptors (Lipinski definition) is 7. The molecule has 8 nitrogen and oxygen atoms in total. The van der Waals surface area contributed by atoms with Crippen LogP contribution in [-0.2, 0) is 4.74 Å². The number of nitrogens with zero attached hydrogens (tertiary/aromatic N) is 2. The molecule has 2 aliphatic rings. The van der Waals surface area contributed by atoms with E-state index in [0.717, 1.165) is 62.7 Å². The van der Waals surface area contributed by atoms with Crippen molar-refractivity contribution in [3.8, 4) is 0 Å². The van der Waals surface area contributed by atoms with Gasteiger partial charge in [-0.25, -0.2) is 4.98 Å². The van der Waals surface area contributed by atoms with Crippen LogP contribution in [0.2, 0.25) is 0 Å². The Kier molecular flexibility index (Phi) is 5.25. The summed E-state index contributed by atoms with van der Waals surface area (Å²) in [4.78, 5) is 22.3. The van der Waals surface area contributed by atoms with Crippen LogP contribution in [0.25, 0.3) is 10.8 Å². The lowest BCUT2D eigenvalue weighted by Crippen LogP contribution is -2.36. The molecule has 2 aliphatic heterocycles. The quantitative estimate of drug-likeness (QED) is 0.516. The van der Waals surface area contributed by atoms with Crippen LogP contribution in [0, 0.1) is 0 Å². The fourth-order valence-electron chi connectivity index (χ4n) is 4.08. The maximum Gasteiger partial charge on any atom is 0.259 e. The number of hydrogen-bond donors (Lipinski definition) is 4. The van der Waals surface area contributed by atoms with Gasteiger partial charge in [-0.15, -0.1) is 0 Å². The molecule has 0 radical (unpaired) electrons. The van der Waals surface area contributed by atoms with Crippen molar-refractivity contribution in [2.24, 2.45) is 0 Å². The van der Waals surface area contributed by atoms with E-state index >= 15 is 0 Å². The second kappa shape index (κ2) is 8.33. The van der Waals surface area contributed by atoms with E-state index in [2.05, 4.69) is 38.0 Å². The average molecular weight is 406 g/mol. The van der Waals surface area contributed by atoms with Crippen LogP contribution in [-0.4, -0.2) is 55.4 Å². The zero-order valence-electron chi connectivity index (χ0n) is 16.8. The van der Waals surface area contributed by atoms with Crippen LogP contribution in [0.5, 0.6) is 0 Å². The molecule has 156 valence electrons. The van der Waals surface area contributed by atoms with E-state index in [1.165, 1.54) is 5.69 Å². The topological polar surface area (TPSA) is 94.3 Å². The van der Waals surface area contributed by atoms with E-state index in [0.29, 0.717) is 17.2 Å². The number of ether oxygens (including phenoxy) is 1. The Hall–Kier alpha value is -3.10. The number of nitrogens with one attached hydrogen (secondary N) is 4. The minimum absolute atomic E-state index is 0.151. The third kappa shape index (κ3) is 3.96. The molecule has 1 unspecified atom stereocenters. The van der Waals surface area contributed by atoms with Gasteiger partial charge in [0.15, 0.2) is 0 Å². The van der Waals surface area contributed by atoms with Crippen LogP contribution < -0.4 is 26.4 Å².